The summed E-state index contributed by atoms with van der Waals surface area (Å²) in [4.78, 5) is 24.6. The Hall–Kier alpha value is -1.91. The third-order valence-electron chi connectivity index (χ3n) is 3.73. The van der Waals surface area contributed by atoms with Gasteiger partial charge in [-0.25, -0.2) is 4.39 Å². The average molecular weight is 265 g/mol. The number of aryl methyl sites for hydroxylation is 1. The quantitative estimate of drug-likeness (QED) is 0.891. The van der Waals surface area contributed by atoms with Crippen LogP contribution in [-0.4, -0.2) is 28.9 Å². The molecule has 0 aromatic heterocycles. The van der Waals surface area contributed by atoms with Gasteiger partial charge in [0, 0.05) is 13.5 Å². The molecule has 19 heavy (non-hydrogen) atoms. The van der Waals surface area contributed by atoms with Crippen LogP contribution in [0, 0.1) is 18.7 Å². The molecule has 0 aliphatic carbocycles. The summed E-state index contributed by atoms with van der Waals surface area (Å²) in [7, 11) is 1.60. The highest BCUT2D eigenvalue weighted by Crippen LogP contribution is 2.37. The molecule has 0 bridgehead atoms. The van der Waals surface area contributed by atoms with E-state index in [1.165, 1.54) is 17.0 Å². The van der Waals surface area contributed by atoms with E-state index in [0.717, 1.165) is 0 Å². The van der Waals surface area contributed by atoms with Crippen molar-refractivity contribution in [1.82, 2.24) is 4.90 Å². The zero-order valence-corrected chi connectivity index (χ0v) is 10.9. The molecule has 1 saturated heterocycles. The fraction of sp³-hybridized carbons (Fsp3) is 0.429. The number of benzene rings is 1. The second-order valence-electron chi connectivity index (χ2n) is 4.93. The highest BCUT2D eigenvalue weighted by molar-refractivity contribution is 5.81. The van der Waals surface area contributed by atoms with Crippen LogP contribution in [0.5, 0.6) is 0 Å². The molecule has 1 aliphatic heterocycles. The zero-order valence-electron chi connectivity index (χ0n) is 10.9. The van der Waals surface area contributed by atoms with Crippen molar-refractivity contribution >= 4 is 11.9 Å². The number of aliphatic carboxylic acids is 1. The van der Waals surface area contributed by atoms with Crippen LogP contribution < -0.4 is 0 Å². The first-order valence-electron chi connectivity index (χ1n) is 6.16. The number of hydrogen-bond donors (Lipinski definition) is 1. The third kappa shape index (κ3) is 2.45. The van der Waals surface area contributed by atoms with Gasteiger partial charge in [0.05, 0.1) is 12.0 Å². The van der Waals surface area contributed by atoms with E-state index in [-0.39, 0.29) is 18.1 Å². The number of carbonyl (C=O) groups excluding carboxylic acids is 1. The van der Waals surface area contributed by atoms with E-state index < -0.39 is 17.9 Å². The molecule has 1 aliphatic rings. The maximum atomic E-state index is 13.1. The van der Waals surface area contributed by atoms with Crippen LogP contribution in [0.3, 0.4) is 0 Å². The summed E-state index contributed by atoms with van der Waals surface area (Å²) in [5, 5.41) is 9.31. The molecule has 1 heterocycles. The van der Waals surface area contributed by atoms with Gasteiger partial charge < -0.3 is 10.0 Å². The fourth-order valence-corrected chi connectivity index (χ4v) is 2.69. The summed E-state index contributed by atoms with van der Waals surface area (Å²) in [5.41, 5.74) is 1.36. The standard InChI is InChI=1S/C14H16FNO3/c1-8-7-9(15)3-4-10(8)13-11(14(18)19)5-6-12(17)16(13)2/h3-4,7,11,13H,5-6H2,1-2H3,(H,18,19). The Labute approximate surface area is 110 Å². The Morgan fingerprint density at radius 2 is 2.16 bits per heavy atom. The maximum Gasteiger partial charge on any atom is 0.308 e. The first kappa shape index (κ1) is 13.5. The van der Waals surface area contributed by atoms with E-state index in [0.29, 0.717) is 17.5 Å². The lowest BCUT2D eigenvalue weighted by atomic mass is 9.83. The van der Waals surface area contributed by atoms with Crippen LogP contribution in [0.1, 0.15) is 30.0 Å². The van der Waals surface area contributed by atoms with Gasteiger partial charge in [-0.05, 0) is 36.6 Å². The van der Waals surface area contributed by atoms with Crippen molar-refractivity contribution in [3.05, 3.63) is 35.1 Å². The predicted molar refractivity (Wildman–Crippen MR) is 67.0 cm³/mol. The van der Waals surface area contributed by atoms with Crippen LogP contribution in [-0.2, 0) is 9.59 Å². The summed E-state index contributed by atoms with van der Waals surface area (Å²) in [6.45, 7) is 1.73. The summed E-state index contributed by atoms with van der Waals surface area (Å²) < 4.78 is 13.1. The molecule has 1 aromatic carbocycles. The van der Waals surface area contributed by atoms with Gasteiger partial charge in [-0.1, -0.05) is 6.07 Å². The van der Waals surface area contributed by atoms with E-state index in [1.807, 2.05) is 0 Å². The minimum atomic E-state index is -0.923. The van der Waals surface area contributed by atoms with Gasteiger partial charge in [0.2, 0.25) is 5.91 Å². The van der Waals surface area contributed by atoms with Crippen LogP contribution >= 0.6 is 0 Å². The van der Waals surface area contributed by atoms with E-state index >= 15 is 0 Å². The Morgan fingerprint density at radius 3 is 2.74 bits per heavy atom. The number of carboxylic acids is 1. The number of hydrogen-bond acceptors (Lipinski definition) is 2. The van der Waals surface area contributed by atoms with Gasteiger partial charge in [0.15, 0.2) is 0 Å². The Morgan fingerprint density at radius 1 is 1.47 bits per heavy atom. The Bertz CT molecular complexity index is 529. The summed E-state index contributed by atoms with van der Waals surface area (Å²) in [5.74, 6) is -2.01. The lowest BCUT2D eigenvalue weighted by molar-refractivity contribution is -0.150. The molecular weight excluding hydrogens is 249 g/mol. The van der Waals surface area contributed by atoms with Gasteiger partial charge in [-0.15, -0.1) is 0 Å². The van der Waals surface area contributed by atoms with Gasteiger partial charge in [0.25, 0.3) is 0 Å². The minimum absolute atomic E-state index is 0.0776. The third-order valence-corrected chi connectivity index (χ3v) is 3.73. The molecule has 0 spiro atoms. The molecule has 1 aromatic rings. The van der Waals surface area contributed by atoms with E-state index in [1.54, 1.807) is 20.0 Å². The highest BCUT2D eigenvalue weighted by Gasteiger charge is 2.39. The van der Waals surface area contributed by atoms with Crippen molar-refractivity contribution in [2.45, 2.75) is 25.8 Å². The predicted octanol–water partition coefficient (Wildman–Crippen LogP) is 2.13. The summed E-state index contributed by atoms with van der Waals surface area (Å²) in [6.07, 6.45) is 0.560. The average Bonchev–Trinajstić information content (AvgIpc) is 2.33. The largest absolute Gasteiger partial charge is 0.481 e. The van der Waals surface area contributed by atoms with Gasteiger partial charge >= 0.3 is 5.97 Å². The normalized spacial score (nSPS) is 23.5. The number of likely N-dealkylation sites (tertiary alicyclic amines) is 1. The van der Waals surface area contributed by atoms with Crippen LogP contribution in [0.4, 0.5) is 4.39 Å². The Balaban J connectivity index is 2.46. The van der Waals surface area contributed by atoms with Gasteiger partial charge in [0.1, 0.15) is 5.82 Å². The SMILES string of the molecule is Cc1cc(F)ccc1C1C(C(=O)O)CCC(=O)N1C. The summed E-state index contributed by atoms with van der Waals surface area (Å²) in [6, 6.07) is 3.70. The lowest BCUT2D eigenvalue weighted by Gasteiger charge is -2.38. The van der Waals surface area contributed by atoms with Crippen molar-refractivity contribution in [3.63, 3.8) is 0 Å². The molecule has 2 unspecified atom stereocenters. The number of rotatable bonds is 2. The number of nitrogens with zero attached hydrogens (tertiary/aromatic N) is 1. The van der Waals surface area contributed by atoms with Crippen LogP contribution in [0.15, 0.2) is 18.2 Å². The van der Waals surface area contributed by atoms with E-state index in [9.17, 15) is 19.1 Å². The molecule has 102 valence electrons. The maximum absolute atomic E-state index is 13.1. The van der Waals surface area contributed by atoms with Crippen molar-refractivity contribution in [1.29, 1.82) is 0 Å². The number of carbonyl (C=O) groups is 2. The van der Waals surface area contributed by atoms with Crippen molar-refractivity contribution in [3.8, 4) is 0 Å². The van der Waals surface area contributed by atoms with E-state index in [2.05, 4.69) is 0 Å². The van der Waals surface area contributed by atoms with E-state index in [4.69, 9.17) is 0 Å². The minimum Gasteiger partial charge on any atom is -0.481 e. The highest BCUT2D eigenvalue weighted by atomic mass is 19.1. The first-order chi connectivity index (χ1) is 8.91. The van der Waals surface area contributed by atoms with Crippen LogP contribution in [0.2, 0.25) is 0 Å². The number of amides is 1. The fourth-order valence-electron chi connectivity index (χ4n) is 2.69. The molecule has 5 heteroatoms. The van der Waals surface area contributed by atoms with Crippen molar-refractivity contribution in [2.75, 3.05) is 7.05 Å². The molecule has 1 fully saturated rings. The number of carboxylic acid groups (broad SMARTS) is 1. The first-order valence-corrected chi connectivity index (χ1v) is 6.16. The second-order valence-corrected chi connectivity index (χ2v) is 4.93. The molecule has 2 rings (SSSR count). The van der Waals surface area contributed by atoms with Gasteiger partial charge in [-0.3, -0.25) is 9.59 Å². The number of piperidine rings is 1. The Kier molecular flexibility index (Phi) is 3.55. The van der Waals surface area contributed by atoms with Crippen molar-refractivity contribution < 1.29 is 19.1 Å². The van der Waals surface area contributed by atoms with Crippen molar-refractivity contribution in [2.24, 2.45) is 5.92 Å². The molecule has 4 nitrogen and oxygen atoms in total. The summed E-state index contributed by atoms with van der Waals surface area (Å²) >= 11 is 0. The topological polar surface area (TPSA) is 57.6 Å². The van der Waals surface area contributed by atoms with Crippen LogP contribution in [0.25, 0.3) is 0 Å². The smallest absolute Gasteiger partial charge is 0.308 e. The zero-order chi connectivity index (χ0) is 14.2. The molecule has 2 atom stereocenters. The molecule has 1 amide bonds. The number of halogens is 1. The molecule has 1 N–H and O–H groups in total. The molecular formula is C14H16FNO3. The molecule has 0 radical (unpaired) electrons. The van der Waals surface area contributed by atoms with Gasteiger partial charge in [-0.2, -0.15) is 0 Å². The molecule has 0 saturated carbocycles. The second kappa shape index (κ2) is 4.99. The monoisotopic (exact) mass is 265 g/mol. The lowest BCUT2D eigenvalue weighted by Crippen LogP contribution is -2.43.